The van der Waals surface area contributed by atoms with Gasteiger partial charge in [0.05, 0.1) is 0 Å². The maximum absolute atomic E-state index is 10.6. The van der Waals surface area contributed by atoms with Gasteiger partial charge >= 0.3 is 5.97 Å². The standard InChI is InChI=1S/C8H12N2O2S2/c1-4(2)6-9-10-8(14-6)13-5(3)7(11)12/h4-5H,1-3H3,(H,11,12). The minimum Gasteiger partial charge on any atom is -0.480 e. The minimum atomic E-state index is -0.823. The van der Waals surface area contributed by atoms with Crippen LogP contribution in [-0.4, -0.2) is 26.5 Å². The SMILES string of the molecule is CC(Sc1nnc(C(C)C)s1)C(=O)O. The van der Waals surface area contributed by atoms with E-state index < -0.39 is 11.2 Å². The minimum absolute atomic E-state index is 0.349. The van der Waals surface area contributed by atoms with E-state index in [2.05, 4.69) is 10.2 Å². The number of thioether (sulfide) groups is 1. The molecule has 78 valence electrons. The Bertz CT molecular complexity index is 325. The van der Waals surface area contributed by atoms with Gasteiger partial charge in [-0.05, 0) is 6.92 Å². The van der Waals surface area contributed by atoms with Crippen LogP contribution in [0.2, 0.25) is 0 Å². The van der Waals surface area contributed by atoms with E-state index in [0.29, 0.717) is 5.92 Å². The predicted molar refractivity (Wildman–Crippen MR) is 57.0 cm³/mol. The summed E-state index contributed by atoms with van der Waals surface area (Å²) in [6.07, 6.45) is 0. The lowest BCUT2D eigenvalue weighted by Gasteiger charge is -2.00. The van der Waals surface area contributed by atoms with Crippen LogP contribution in [0.1, 0.15) is 31.7 Å². The molecule has 0 saturated carbocycles. The lowest BCUT2D eigenvalue weighted by Crippen LogP contribution is -2.10. The van der Waals surface area contributed by atoms with Crippen LogP contribution >= 0.6 is 23.1 Å². The molecule has 1 rings (SSSR count). The highest BCUT2D eigenvalue weighted by Crippen LogP contribution is 2.29. The number of hydrogen-bond donors (Lipinski definition) is 1. The number of hydrogen-bond acceptors (Lipinski definition) is 5. The average molecular weight is 232 g/mol. The fourth-order valence-corrected chi connectivity index (χ4v) is 2.65. The van der Waals surface area contributed by atoms with Crippen LogP contribution in [0.25, 0.3) is 0 Å². The Labute approximate surface area is 90.7 Å². The van der Waals surface area contributed by atoms with Crippen LogP contribution in [0.5, 0.6) is 0 Å². The monoisotopic (exact) mass is 232 g/mol. The van der Waals surface area contributed by atoms with Crippen LogP contribution in [0.4, 0.5) is 0 Å². The molecular formula is C8H12N2O2S2. The highest BCUT2D eigenvalue weighted by atomic mass is 32.2. The summed E-state index contributed by atoms with van der Waals surface area (Å²) in [5, 5.41) is 17.1. The van der Waals surface area contributed by atoms with Gasteiger partial charge in [0.15, 0.2) is 4.34 Å². The second kappa shape index (κ2) is 4.75. The van der Waals surface area contributed by atoms with Crippen LogP contribution in [0.15, 0.2) is 4.34 Å². The Morgan fingerprint density at radius 2 is 2.07 bits per heavy atom. The van der Waals surface area contributed by atoms with Crippen molar-refractivity contribution < 1.29 is 9.90 Å². The van der Waals surface area contributed by atoms with E-state index in [-0.39, 0.29) is 0 Å². The summed E-state index contributed by atoms with van der Waals surface area (Å²) in [7, 11) is 0. The van der Waals surface area contributed by atoms with Crippen molar-refractivity contribution in [3.63, 3.8) is 0 Å². The first-order valence-corrected chi connectivity index (χ1v) is 5.93. The summed E-state index contributed by atoms with van der Waals surface area (Å²) < 4.78 is 0.726. The Balaban J connectivity index is 2.64. The van der Waals surface area contributed by atoms with Gasteiger partial charge in [-0.2, -0.15) is 0 Å². The van der Waals surface area contributed by atoms with E-state index in [1.807, 2.05) is 13.8 Å². The lowest BCUT2D eigenvalue weighted by atomic mass is 10.2. The van der Waals surface area contributed by atoms with Gasteiger partial charge in [-0.1, -0.05) is 36.9 Å². The van der Waals surface area contributed by atoms with Crippen molar-refractivity contribution in [2.75, 3.05) is 0 Å². The number of carboxylic acid groups (broad SMARTS) is 1. The van der Waals surface area contributed by atoms with Crippen molar-refractivity contribution in [1.82, 2.24) is 10.2 Å². The zero-order valence-corrected chi connectivity index (χ0v) is 9.85. The van der Waals surface area contributed by atoms with Crippen LogP contribution < -0.4 is 0 Å². The highest BCUT2D eigenvalue weighted by molar-refractivity contribution is 8.02. The largest absolute Gasteiger partial charge is 0.480 e. The first-order valence-electron chi connectivity index (χ1n) is 4.23. The third kappa shape index (κ3) is 2.95. The van der Waals surface area contributed by atoms with E-state index >= 15 is 0 Å². The number of aliphatic carboxylic acids is 1. The number of carbonyl (C=O) groups is 1. The van der Waals surface area contributed by atoms with Crippen molar-refractivity contribution >= 4 is 29.1 Å². The van der Waals surface area contributed by atoms with Crippen molar-refractivity contribution in [3.8, 4) is 0 Å². The maximum atomic E-state index is 10.6. The first-order chi connectivity index (χ1) is 6.50. The average Bonchev–Trinajstić information content (AvgIpc) is 2.52. The summed E-state index contributed by atoms with van der Waals surface area (Å²) in [4.78, 5) is 10.6. The molecule has 0 bridgehead atoms. The number of carboxylic acids is 1. The Morgan fingerprint density at radius 1 is 1.43 bits per heavy atom. The van der Waals surface area contributed by atoms with Gasteiger partial charge in [-0.3, -0.25) is 4.79 Å². The molecular weight excluding hydrogens is 220 g/mol. The molecule has 0 spiro atoms. The molecule has 0 aliphatic carbocycles. The van der Waals surface area contributed by atoms with Gasteiger partial charge in [0, 0.05) is 5.92 Å². The zero-order chi connectivity index (χ0) is 10.7. The predicted octanol–water partition coefficient (Wildman–Crippen LogP) is 2.23. The topological polar surface area (TPSA) is 63.1 Å². The van der Waals surface area contributed by atoms with Gasteiger partial charge in [0.2, 0.25) is 0 Å². The van der Waals surface area contributed by atoms with Crippen molar-refractivity contribution in [1.29, 1.82) is 0 Å². The second-order valence-corrected chi connectivity index (χ2v) is 5.76. The van der Waals surface area contributed by atoms with Crippen LogP contribution in [0, 0.1) is 0 Å². The molecule has 0 aliphatic rings. The molecule has 1 atom stereocenters. The molecule has 1 N–H and O–H groups in total. The maximum Gasteiger partial charge on any atom is 0.316 e. The Hall–Kier alpha value is -0.620. The first kappa shape index (κ1) is 11.5. The summed E-state index contributed by atoms with van der Waals surface area (Å²) in [6.45, 7) is 5.72. The van der Waals surface area contributed by atoms with E-state index in [0.717, 1.165) is 9.35 Å². The molecule has 4 nitrogen and oxygen atoms in total. The Morgan fingerprint density at radius 3 is 2.50 bits per heavy atom. The summed E-state index contributed by atoms with van der Waals surface area (Å²) in [5.74, 6) is -0.474. The Kier molecular flexibility index (Phi) is 3.88. The quantitative estimate of drug-likeness (QED) is 0.806. The molecule has 1 aromatic heterocycles. The highest BCUT2D eigenvalue weighted by Gasteiger charge is 2.16. The molecule has 0 saturated heterocycles. The van der Waals surface area contributed by atoms with E-state index in [1.165, 1.54) is 23.1 Å². The van der Waals surface area contributed by atoms with Gasteiger partial charge < -0.3 is 5.11 Å². The molecule has 0 radical (unpaired) electrons. The zero-order valence-electron chi connectivity index (χ0n) is 8.22. The van der Waals surface area contributed by atoms with Gasteiger partial charge in [0.1, 0.15) is 10.3 Å². The van der Waals surface area contributed by atoms with Crippen LogP contribution in [0.3, 0.4) is 0 Å². The summed E-state index contributed by atoms with van der Waals surface area (Å²) in [5.41, 5.74) is 0. The van der Waals surface area contributed by atoms with E-state index in [1.54, 1.807) is 6.92 Å². The van der Waals surface area contributed by atoms with Crippen molar-refractivity contribution in [3.05, 3.63) is 5.01 Å². The molecule has 1 aromatic rings. The third-order valence-electron chi connectivity index (χ3n) is 1.54. The molecule has 0 aromatic carbocycles. The third-order valence-corrected chi connectivity index (χ3v) is 3.94. The fourth-order valence-electron chi connectivity index (χ4n) is 0.703. The van der Waals surface area contributed by atoms with Gasteiger partial charge in [-0.25, -0.2) is 0 Å². The van der Waals surface area contributed by atoms with Gasteiger partial charge in [0.25, 0.3) is 0 Å². The molecule has 0 amide bonds. The molecule has 0 aliphatic heterocycles. The van der Waals surface area contributed by atoms with Crippen molar-refractivity contribution in [2.24, 2.45) is 0 Å². The second-order valence-electron chi connectivity index (χ2n) is 3.16. The summed E-state index contributed by atoms with van der Waals surface area (Å²) in [6, 6.07) is 0. The smallest absolute Gasteiger partial charge is 0.316 e. The number of nitrogens with zero attached hydrogens (tertiary/aromatic N) is 2. The number of rotatable bonds is 4. The molecule has 6 heteroatoms. The van der Waals surface area contributed by atoms with Crippen LogP contribution in [-0.2, 0) is 4.79 Å². The fraction of sp³-hybridized carbons (Fsp3) is 0.625. The van der Waals surface area contributed by atoms with Gasteiger partial charge in [-0.15, -0.1) is 10.2 Å². The molecule has 0 fully saturated rings. The molecule has 14 heavy (non-hydrogen) atoms. The normalized spacial score (nSPS) is 13.1. The van der Waals surface area contributed by atoms with E-state index in [4.69, 9.17) is 5.11 Å². The summed E-state index contributed by atoms with van der Waals surface area (Å²) >= 11 is 2.70. The molecule has 1 heterocycles. The molecule has 1 unspecified atom stereocenters. The lowest BCUT2D eigenvalue weighted by molar-refractivity contribution is -0.136. The van der Waals surface area contributed by atoms with E-state index in [9.17, 15) is 4.79 Å². The van der Waals surface area contributed by atoms with Crippen molar-refractivity contribution in [2.45, 2.75) is 36.3 Å². The number of aromatic nitrogens is 2.